The van der Waals surface area contributed by atoms with Gasteiger partial charge in [-0.15, -0.1) is 0 Å². The van der Waals surface area contributed by atoms with E-state index in [1.165, 1.54) is 19.3 Å². The van der Waals surface area contributed by atoms with E-state index in [0.29, 0.717) is 12.6 Å². The summed E-state index contributed by atoms with van der Waals surface area (Å²) in [6.07, 6.45) is 3.62. The molecule has 0 aliphatic carbocycles. The van der Waals surface area contributed by atoms with Gasteiger partial charge in [0.1, 0.15) is 18.4 Å². The van der Waals surface area contributed by atoms with Gasteiger partial charge in [-0.25, -0.2) is 0 Å². The Morgan fingerprint density at radius 2 is 2.05 bits per heavy atom. The smallest absolute Gasteiger partial charge is 0.187 e. The van der Waals surface area contributed by atoms with Crippen LogP contribution in [0.25, 0.3) is 0 Å². The summed E-state index contributed by atoms with van der Waals surface area (Å²) in [7, 11) is 0. The van der Waals surface area contributed by atoms with Gasteiger partial charge in [0.25, 0.3) is 0 Å². The fraction of sp³-hybridized carbons (Fsp3) is 0.588. The molecule has 3 nitrogen and oxygen atoms in total. The van der Waals surface area contributed by atoms with Crippen molar-refractivity contribution in [2.75, 3.05) is 13.2 Å². The van der Waals surface area contributed by atoms with Crippen molar-refractivity contribution in [3.05, 3.63) is 27.2 Å². The number of halogens is 1. The second-order valence-electron chi connectivity index (χ2n) is 6.26. The molecular formula is C17H22BrNO2. The van der Waals surface area contributed by atoms with Gasteiger partial charge in [-0.05, 0) is 57.4 Å². The Bertz CT molecular complexity index is 585. The number of carbonyl (C=O) groups excluding carboxylic acids is 1. The molecule has 0 aromatic heterocycles. The predicted octanol–water partition coefficient (Wildman–Crippen LogP) is 3.88. The summed E-state index contributed by atoms with van der Waals surface area (Å²) < 4.78 is 6.98. The minimum Gasteiger partial charge on any atom is -0.490 e. The largest absolute Gasteiger partial charge is 0.490 e. The Morgan fingerprint density at radius 1 is 1.29 bits per heavy atom. The number of benzene rings is 1. The van der Waals surface area contributed by atoms with Gasteiger partial charge in [-0.3, -0.25) is 9.69 Å². The van der Waals surface area contributed by atoms with E-state index < -0.39 is 0 Å². The number of nitrogens with zero attached hydrogens (tertiary/aromatic N) is 1. The van der Waals surface area contributed by atoms with Crippen molar-refractivity contribution in [3.63, 3.8) is 0 Å². The molecule has 2 atom stereocenters. The average Bonchev–Trinajstić information content (AvgIpc) is 2.47. The molecule has 0 radical (unpaired) electrons. The number of ether oxygens (including phenoxy) is 1. The number of hydrogen-bond acceptors (Lipinski definition) is 3. The minimum absolute atomic E-state index is 0.123. The van der Waals surface area contributed by atoms with Crippen LogP contribution in [0.4, 0.5) is 0 Å². The van der Waals surface area contributed by atoms with E-state index in [1.807, 2.05) is 19.9 Å². The summed E-state index contributed by atoms with van der Waals surface area (Å²) in [5, 5.41) is 0. The van der Waals surface area contributed by atoms with Gasteiger partial charge in [0, 0.05) is 10.5 Å². The topological polar surface area (TPSA) is 29.5 Å². The van der Waals surface area contributed by atoms with Crippen LogP contribution in [0.15, 0.2) is 10.5 Å². The number of fused-ring (bicyclic) bond motifs is 1. The summed E-state index contributed by atoms with van der Waals surface area (Å²) in [4.78, 5) is 15.3. The minimum atomic E-state index is -0.123. The summed E-state index contributed by atoms with van der Waals surface area (Å²) in [5.41, 5.74) is 2.95. The molecular weight excluding hydrogens is 330 g/mol. The molecule has 21 heavy (non-hydrogen) atoms. The van der Waals surface area contributed by atoms with Crippen LogP contribution in [0.3, 0.4) is 0 Å². The molecule has 2 unspecified atom stereocenters. The van der Waals surface area contributed by atoms with Crippen LogP contribution in [-0.2, 0) is 0 Å². The van der Waals surface area contributed by atoms with E-state index in [9.17, 15) is 4.79 Å². The first kappa shape index (κ1) is 15.0. The zero-order chi connectivity index (χ0) is 15.1. The van der Waals surface area contributed by atoms with Gasteiger partial charge in [-0.2, -0.15) is 0 Å². The molecule has 0 N–H and O–H groups in total. The average molecular weight is 352 g/mol. The van der Waals surface area contributed by atoms with Gasteiger partial charge in [0.05, 0.1) is 5.56 Å². The maximum absolute atomic E-state index is 12.9. The summed E-state index contributed by atoms with van der Waals surface area (Å²) >= 11 is 3.56. The van der Waals surface area contributed by atoms with E-state index in [1.54, 1.807) is 0 Å². The number of ketones is 1. The van der Waals surface area contributed by atoms with Crippen LogP contribution in [0.2, 0.25) is 0 Å². The first-order valence-electron chi connectivity index (χ1n) is 7.73. The number of rotatable bonds is 1. The van der Waals surface area contributed by atoms with E-state index in [0.717, 1.165) is 33.5 Å². The van der Waals surface area contributed by atoms with Crippen LogP contribution in [0, 0.1) is 13.8 Å². The van der Waals surface area contributed by atoms with Crippen LogP contribution in [0.5, 0.6) is 5.75 Å². The number of piperidine rings is 1. The first-order valence-corrected chi connectivity index (χ1v) is 8.52. The quantitative estimate of drug-likeness (QED) is 0.768. The Kier molecular flexibility index (Phi) is 4.10. The van der Waals surface area contributed by atoms with Crippen molar-refractivity contribution < 1.29 is 9.53 Å². The van der Waals surface area contributed by atoms with Crippen molar-refractivity contribution in [2.45, 2.75) is 52.1 Å². The molecule has 114 valence electrons. The monoisotopic (exact) mass is 351 g/mol. The van der Waals surface area contributed by atoms with Crippen molar-refractivity contribution in [2.24, 2.45) is 0 Å². The Labute approximate surface area is 134 Å². The Hall–Kier alpha value is -0.870. The lowest BCUT2D eigenvalue weighted by molar-refractivity contribution is 0.0468. The van der Waals surface area contributed by atoms with Crippen molar-refractivity contribution in [1.82, 2.24) is 4.90 Å². The van der Waals surface area contributed by atoms with Gasteiger partial charge in [0.15, 0.2) is 5.78 Å². The second-order valence-corrected chi connectivity index (χ2v) is 7.11. The SMILES string of the molecule is Cc1c(Br)cc2c(c1C)OCC(N1CCCCC1C)C2=O. The molecule has 0 bridgehead atoms. The highest BCUT2D eigenvalue weighted by Crippen LogP contribution is 2.36. The molecule has 2 aliphatic rings. The highest BCUT2D eigenvalue weighted by molar-refractivity contribution is 9.10. The fourth-order valence-corrected chi connectivity index (χ4v) is 3.99. The van der Waals surface area contributed by atoms with Crippen molar-refractivity contribution in [3.8, 4) is 5.75 Å². The maximum atomic E-state index is 12.9. The molecule has 2 heterocycles. The number of likely N-dealkylation sites (tertiary alicyclic amines) is 1. The summed E-state index contributed by atoms with van der Waals surface area (Å²) in [6.45, 7) is 7.78. The molecule has 0 saturated carbocycles. The molecule has 0 spiro atoms. The maximum Gasteiger partial charge on any atom is 0.187 e. The van der Waals surface area contributed by atoms with E-state index in [2.05, 4.69) is 27.8 Å². The van der Waals surface area contributed by atoms with Crippen molar-refractivity contribution >= 4 is 21.7 Å². The number of carbonyl (C=O) groups is 1. The predicted molar refractivity (Wildman–Crippen MR) is 87.2 cm³/mol. The molecule has 1 saturated heterocycles. The molecule has 1 aromatic rings. The third kappa shape index (κ3) is 2.53. The van der Waals surface area contributed by atoms with E-state index >= 15 is 0 Å². The van der Waals surface area contributed by atoms with E-state index in [4.69, 9.17) is 4.74 Å². The lowest BCUT2D eigenvalue weighted by Gasteiger charge is -2.40. The van der Waals surface area contributed by atoms with Crippen LogP contribution >= 0.6 is 15.9 Å². The van der Waals surface area contributed by atoms with Crippen LogP contribution in [-0.4, -0.2) is 35.9 Å². The second kappa shape index (κ2) is 5.73. The molecule has 2 aliphatic heterocycles. The molecule has 1 aromatic carbocycles. The van der Waals surface area contributed by atoms with Crippen molar-refractivity contribution in [1.29, 1.82) is 0 Å². The lowest BCUT2D eigenvalue weighted by Crippen LogP contribution is -2.53. The first-order chi connectivity index (χ1) is 10.0. The number of hydrogen-bond donors (Lipinski definition) is 0. The highest BCUT2D eigenvalue weighted by Gasteiger charge is 2.37. The third-order valence-corrected chi connectivity index (χ3v) is 5.81. The molecule has 3 rings (SSSR count). The van der Waals surface area contributed by atoms with Gasteiger partial charge >= 0.3 is 0 Å². The Morgan fingerprint density at radius 3 is 2.76 bits per heavy atom. The zero-order valence-corrected chi connectivity index (χ0v) is 14.5. The number of Topliss-reactive ketones (excluding diaryl/α,β-unsaturated/α-hetero) is 1. The van der Waals surface area contributed by atoms with Gasteiger partial charge < -0.3 is 4.74 Å². The molecule has 4 heteroatoms. The molecule has 0 amide bonds. The Balaban J connectivity index is 1.95. The third-order valence-electron chi connectivity index (χ3n) is 4.99. The van der Waals surface area contributed by atoms with E-state index in [-0.39, 0.29) is 11.8 Å². The van der Waals surface area contributed by atoms with Gasteiger partial charge in [0.2, 0.25) is 0 Å². The normalized spacial score (nSPS) is 26.4. The van der Waals surface area contributed by atoms with Crippen LogP contribution in [0.1, 0.15) is 47.7 Å². The molecule has 1 fully saturated rings. The summed E-state index contributed by atoms with van der Waals surface area (Å²) in [6, 6.07) is 2.27. The standard InChI is InChI=1S/C17H22BrNO2/c1-10-6-4-5-7-19(10)15-9-21-17-12(3)11(2)14(18)8-13(17)16(15)20/h8,10,15H,4-7,9H2,1-3H3. The fourth-order valence-electron chi connectivity index (χ4n) is 3.47. The van der Waals surface area contributed by atoms with Crippen LogP contribution < -0.4 is 4.74 Å². The zero-order valence-electron chi connectivity index (χ0n) is 12.9. The lowest BCUT2D eigenvalue weighted by atomic mass is 9.92. The van der Waals surface area contributed by atoms with Gasteiger partial charge in [-0.1, -0.05) is 22.4 Å². The highest BCUT2D eigenvalue weighted by atomic mass is 79.9. The summed E-state index contributed by atoms with van der Waals surface area (Å²) in [5.74, 6) is 0.996.